The molecule has 1 aromatic rings. The highest BCUT2D eigenvalue weighted by atomic mass is 16.5. The molecular formula is C25H34N2O4. The van der Waals surface area contributed by atoms with Crippen LogP contribution in [0.1, 0.15) is 65.4 Å². The van der Waals surface area contributed by atoms with Gasteiger partial charge < -0.3 is 14.5 Å². The first-order valence-corrected chi connectivity index (χ1v) is 11.5. The van der Waals surface area contributed by atoms with Gasteiger partial charge in [-0.2, -0.15) is 0 Å². The molecule has 2 aliphatic heterocycles. The predicted octanol–water partition coefficient (Wildman–Crippen LogP) is 3.74. The zero-order valence-corrected chi connectivity index (χ0v) is 19.3. The topological polar surface area (TPSA) is 66.9 Å². The van der Waals surface area contributed by atoms with Crippen molar-refractivity contribution in [3.05, 3.63) is 29.8 Å². The summed E-state index contributed by atoms with van der Waals surface area (Å²) in [6.07, 6.45) is 2.58. The van der Waals surface area contributed by atoms with E-state index in [0.29, 0.717) is 18.9 Å². The largest absolute Gasteiger partial charge is 0.466 e. The minimum Gasteiger partial charge on any atom is -0.466 e. The Morgan fingerprint density at radius 1 is 1.19 bits per heavy atom. The Labute approximate surface area is 184 Å². The molecule has 0 radical (unpaired) electrons. The first-order valence-electron chi connectivity index (χ1n) is 11.5. The van der Waals surface area contributed by atoms with E-state index < -0.39 is 17.4 Å². The average molecular weight is 427 g/mol. The lowest BCUT2D eigenvalue weighted by Crippen LogP contribution is -2.62. The number of para-hydroxylation sites is 1. The average Bonchev–Trinajstić information content (AvgIpc) is 3.44. The van der Waals surface area contributed by atoms with E-state index in [4.69, 9.17) is 4.74 Å². The quantitative estimate of drug-likeness (QED) is 0.673. The predicted molar refractivity (Wildman–Crippen MR) is 119 cm³/mol. The van der Waals surface area contributed by atoms with Gasteiger partial charge in [0.15, 0.2) is 0 Å². The molecule has 3 aliphatic rings. The minimum atomic E-state index is -1.09. The summed E-state index contributed by atoms with van der Waals surface area (Å²) < 4.78 is 5.40. The summed E-state index contributed by atoms with van der Waals surface area (Å²) >= 11 is 0. The van der Waals surface area contributed by atoms with Gasteiger partial charge in [-0.3, -0.25) is 14.4 Å². The number of nitrogens with zero attached hydrogens (tertiary/aromatic N) is 2. The molecule has 0 N–H and O–H groups in total. The first kappa shape index (κ1) is 21.8. The Bertz CT molecular complexity index is 901. The van der Waals surface area contributed by atoms with Crippen LogP contribution in [0.15, 0.2) is 24.3 Å². The van der Waals surface area contributed by atoms with Crippen LogP contribution in [0.25, 0.3) is 0 Å². The normalized spacial score (nSPS) is 27.7. The molecular weight excluding hydrogens is 392 g/mol. The summed E-state index contributed by atoms with van der Waals surface area (Å²) in [6.45, 7) is 10.8. The monoisotopic (exact) mass is 426 g/mol. The number of esters is 1. The number of likely N-dealkylation sites (tertiary alicyclic amines) is 1. The van der Waals surface area contributed by atoms with Crippen molar-refractivity contribution in [1.82, 2.24) is 4.90 Å². The number of hydrogen-bond donors (Lipinski definition) is 0. The van der Waals surface area contributed by atoms with Crippen LogP contribution in [0.5, 0.6) is 0 Å². The van der Waals surface area contributed by atoms with Gasteiger partial charge in [0, 0.05) is 31.1 Å². The lowest BCUT2D eigenvalue weighted by molar-refractivity contribution is -0.148. The van der Waals surface area contributed by atoms with E-state index in [1.807, 2.05) is 56.9 Å². The molecule has 1 aromatic carbocycles. The number of amides is 2. The minimum absolute atomic E-state index is 0.0721. The number of anilines is 1. The maximum atomic E-state index is 14.0. The van der Waals surface area contributed by atoms with Crippen molar-refractivity contribution in [2.24, 2.45) is 17.3 Å². The van der Waals surface area contributed by atoms with Crippen molar-refractivity contribution in [2.75, 3.05) is 24.6 Å². The number of carbonyl (C=O) groups is 3. The molecule has 2 heterocycles. The van der Waals surface area contributed by atoms with E-state index in [0.717, 1.165) is 24.1 Å². The third-order valence-corrected chi connectivity index (χ3v) is 6.90. The van der Waals surface area contributed by atoms with Gasteiger partial charge in [0.25, 0.3) is 5.91 Å². The molecule has 0 aromatic heterocycles. The van der Waals surface area contributed by atoms with E-state index in [1.54, 1.807) is 11.8 Å². The van der Waals surface area contributed by atoms with Crippen molar-refractivity contribution >= 4 is 23.5 Å². The van der Waals surface area contributed by atoms with Crippen molar-refractivity contribution in [2.45, 2.75) is 65.3 Å². The van der Waals surface area contributed by atoms with Gasteiger partial charge in [-0.15, -0.1) is 0 Å². The smallest absolute Gasteiger partial charge is 0.311 e. The third kappa shape index (κ3) is 3.74. The van der Waals surface area contributed by atoms with Gasteiger partial charge in [-0.05, 0) is 49.7 Å². The summed E-state index contributed by atoms with van der Waals surface area (Å²) in [5.74, 6) is -0.930. The van der Waals surface area contributed by atoms with Crippen LogP contribution in [0, 0.1) is 17.3 Å². The van der Waals surface area contributed by atoms with Crippen LogP contribution >= 0.6 is 0 Å². The summed E-state index contributed by atoms with van der Waals surface area (Å²) in [7, 11) is 0. The third-order valence-electron chi connectivity index (χ3n) is 6.90. The van der Waals surface area contributed by atoms with Gasteiger partial charge in [0.1, 0.15) is 5.54 Å². The van der Waals surface area contributed by atoms with Crippen molar-refractivity contribution < 1.29 is 19.1 Å². The lowest BCUT2D eigenvalue weighted by atomic mass is 9.72. The standard InChI is InChI=1S/C25H34N2O4/c1-6-31-22(29)18-15-27(20(28)13-24(2,3)4)25(5)21(18)17-9-7-8-10-19(17)26(23(25)30)14-16-11-12-16/h7-10,16,18,21H,6,11-15H2,1-5H3/t18-,21+,25-/m0/s1. The highest BCUT2D eigenvalue weighted by Crippen LogP contribution is 2.54. The molecule has 2 amide bonds. The van der Waals surface area contributed by atoms with Gasteiger partial charge >= 0.3 is 5.97 Å². The van der Waals surface area contributed by atoms with Crippen LogP contribution in [-0.2, 0) is 19.1 Å². The Balaban J connectivity index is 1.83. The summed E-state index contributed by atoms with van der Waals surface area (Å²) in [4.78, 5) is 44.0. The Hall–Kier alpha value is -2.37. The summed E-state index contributed by atoms with van der Waals surface area (Å²) in [5.41, 5.74) is 0.535. The fourth-order valence-corrected chi connectivity index (χ4v) is 5.31. The van der Waals surface area contributed by atoms with Crippen LogP contribution in [0.2, 0.25) is 0 Å². The van der Waals surface area contributed by atoms with Gasteiger partial charge in [-0.1, -0.05) is 39.0 Å². The van der Waals surface area contributed by atoms with E-state index in [2.05, 4.69) is 0 Å². The number of hydrogen-bond acceptors (Lipinski definition) is 4. The van der Waals surface area contributed by atoms with Crippen molar-refractivity contribution in [3.8, 4) is 0 Å². The maximum absolute atomic E-state index is 14.0. The van der Waals surface area contributed by atoms with Gasteiger partial charge in [0.2, 0.25) is 5.91 Å². The van der Waals surface area contributed by atoms with E-state index >= 15 is 0 Å². The molecule has 1 saturated heterocycles. The van der Waals surface area contributed by atoms with Crippen molar-refractivity contribution in [3.63, 3.8) is 0 Å². The zero-order valence-electron chi connectivity index (χ0n) is 19.3. The highest BCUT2D eigenvalue weighted by molar-refractivity contribution is 6.07. The van der Waals surface area contributed by atoms with Gasteiger partial charge in [0.05, 0.1) is 12.5 Å². The lowest BCUT2D eigenvalue weighted by Gasteiger charge is -2.47. The zero-order chi connectivity index (χ0) is 22.6. The molecule has 6 nitrogen and oxygen atoms in total. The molecule has 3 atom stereocenters. The summed E-state index contributed by atoms with van der Waals surface area (Å²) in [6, 6.07) is 7.86. The van der Waals surface area contributed by atoms with Crippen LogP contribution in [0.4, 0.5) is 5.69 Å². The Morgan fingerprint density at radius 3 is 2.48 bits per heavy atom. The highest BCUT2D eigenvalue weighted by Gasteiger charge is 2.64. The molecule has 0 bridgehead atoms. The number of fused-ring (bicyclic) bond motifs is 3. The molecule has 0 spiro atoms. The first-order chi connectivity index (χ1) is 14.6. The number of rotatable bonds is 5. The Kier molecular flexibility index (Phi) is 5.39. The SMILES string of the molecule is CCOC(=O)[C@H]1CN(C(=O)CC(C)(C)C)[C@]2(C)C(=O)N(CC3CC3)c3ccccc3[C@H]12. The number of benzene rings is 1. The molecule has 1 aliphatic carbocycles. The van der Waals surface area contributed by atoms with Gasteiger partial charge in [-0.25, -0.2) is 0 Å². The van der Waals surface area contributed by atoms with E-state index in [-0.39, 0.29) is 36.4 Å². The number of carbonyl (C=O) groups excluding carboxylic acids is 3. The maximum Gasteiger partial charge on any atom is 0.311 e. The molecule has 2 fully saturated rings. The van der Waals surface area contributed by atoms with Crippen LogP contribution in [-0.4, -0.2) is 47.9 Å². The molecule has 31 heavy (non-hydrogen) atoms. The van der Waals surface area contributed by atoms with Crippen molar-refractivity contribution in [1.29, 1.82) is 0 Å². The molecule has 6 heteroatoms. The second kappa shape index (κ2) is 7.64. The summed E-state index contributed by atoms with van der Waals surface area (Å²) in [5, 5.41) is 0. The fourth-order valence-electron chi connectivity index (χ4n) is 5.31. The number of ether oxygens (including phenoxy) is 1. The Morgan fingerprint density at radius 2 is 1.87 bits per heavy atom. The van der Waals surface area contributed by atoms with E-state index in [1.165, 1.54) is 0 Å². The second-order valence-electron chi connectivity index (χ2n) is 10.6. The van der Waals surface area contributed by atoms with Crippen LogP contribution < -0.4 is 4.90 Å². The van der Waals surface area contributed by atoms with E-state index in [9.17, 15) is 14.4 Å². The fraction of sp³-hybridized carbons (Fsp3) is 0.640. The van der Waals surface area contributed by atoms with Crippen LogP contribution in [0.3, 0.4) is 0 Å². The second-order valence-corrected chi connectivity index (χ2v) is 10.6. The molecule has 1 saturated carbocycles. The molecule has 168 valence electrons. The molecule has 4 rings (SSSR count). The molecule has 0 unspecified atom stereocenters.